The van der Waals surface area contributed by atoms with Crippen LogP contribution in [0.1, 0.15) is 46.5 Å². The van der Waals surface area contributed by atoms with Gasteiger partial charge in [0.05, 0.1) is 11.6 Å². The predicted molar refractivity (Wildman–Crippen MR) is 115 cm³/mol. The van der Waals surface area contributed by atoms with Crippen molar-refractivity contribution in [1.82, 2.24) is 16.0 Å². The molecule has 1 fully saturated rings. The lowest BCUT2D eigenvalue weighted by Gasteiger charge is -2.30. The van der Waals surface area contributed by atoms with E-state index in [9.17, 15) is 4.79 Å². The van der Waals surface area contributed by atoms with Gasteiger partial charge in [-0.05, 0) is 52.2 Å². The van der Waals surface area contributed by atoms with Crippen LogP contribution in [0.2, 0.25) is 5.02 Å². The van der Waals surface area contributed by atoms with Crippen molar-refractivity contribution in [1.29, 1.82) is 0 Å². The molecular weight excluding hydrogens is 376 g/mol. The van der Waals surface area contributed by atoms with Crippen LogP contribution in [0, 0.1) is 5.92 Å². The molecule has 2 rings (SSSR count). The first kappa shape index (κ1) is 22.3. The van der Waals surface area contributed by atoms with Gasteiger partial charge in [0.1, 0.15) is 11.9 Å². The number of hydrogen-bond acceptors (Lipinski definition) is 3. The third kappa shape index (κ3) is 7.23. The van der Waals surface area contributed by atoms with Crippen molar-refractivity contribution in [3.63, 3.8) is 0 Å². The lowest BCUT2D eigenvalue weighted by Crippen LogP contribution is -2.49. The smallest absolute Gasteiger partial charge is 0.223 e. The summed E-state index contributed by atoms with van der Waals surface area (Å²) in [5, 5.41) is 10.4. The van der Waals surface area contributed by atoms with E-state index in [1.165, 1.54) is 0 Å². The zero-order valence-corrected chi connectivity index (χ0v) is 18.1. The third-order valence-corrected chi connectivity index (χ3v) is 5.07. The standard InChI is InChI=1S/C21H33ClN4O2/c1-14(2)25-20(27)16-8-7-9-17(12-16)26-21(23-4)24-13-15(3)28-19-11-6-5-10-18(19)22/h5-6,10-11,14-17H,7-9,12-13H2,1-4H3,(H,25,27)(H2,23,24,26). The quantitative estimate of drug-likeness (QED) is 0.477. The lowest BCUT2D eigenvalue weighted by molar-refractivity contribution is -0.126. The molecule has 0 saturated heterocycles. The third-order valence-electron chi connectivity index (χ3n) is 4.76. The van der Waals surface area contributed by atoms with E-state index in [-0.39, 0.29) is 30.0 Å². The van der Waals surface area contributed by atoms with Crippen molar-refractivity contribution in [2.75, 3.05) is 13.6 Å². The summed E-state index contributed by atoms with van der Waals surface area (Å²) in [6.45, 7) is 6.56. The molecule has 1 aliphatic carbocycles. The summed E-state index contributed by atoms with van der Waals surface area (Å²) < 4.78 is 5.89. The molecule has 1 aromatic carbocycles. The van der Waals surface area contributed by atoms with Crippen LogP contribution in [-0.2, 0) is 4.79 Å². The second kappa shape index (κ2) is 11.1. The van der Waals surface area contributed by atoms with Gasteiger partial charge < -0.3 is 20.7 Å². The number of halogens is 1. The SMILES string of the molecule is CN=C(NCC(C)Oc1ccccc1Cl)NC1CCCC(C(=O)NC(C)C)C1. The van der Waals surface area contributed by atoms with Crippen LogP contribution in [0.5, 0.6) is 5.75 Å². The summed E-state index contributed by atoms with van der Waals surface area (Å²) in [5.74, 6) is 1.62. The number of rotatable bonds is 7. The van der Waals surface area contributed by atoms with Crippen LogP contribution in [0.15, 0.2) is 29.3 Å². The van der Waals surface area contributed by atoms with E-state index in [0.29, 0.717) is 17.3 Å². The molecule has 0 spiro atoms. The fourth-order valence-corrected chi connectivity index (χ4v) is 3.57. The maximum Gasteiger partial charge on any atom is 0.223 e. The molecule has 0 aliphatic heterocycles. The monoisotopic (exact) mass is 408 g/mol. The van der Waals surface area contributed by atoms with Crippen molar-refractivity contribution in [2.45, 2.75) is 64.6 Å². The number of ether oxygens (including phenoxy) is 1. The van der Waals surface area contributed by atoms with Crippen LogP contribution in [0.4, 0.5) is 0 Å². The molecule has 3 unspecified atom stereocenters. The highest BCUT2D eigenvalue weighted by Crippen LogP contribution is 2.25. The fourth-order valence-electron chi connectivity index (χ4n) is 3.39. The van der Waals surface area contributed by atoms with E-state index in [4.69, 9.17) is 16.3 Å². The predicted octanol–water partition coefficient (Wildman–Crippen LogP) is 3.36. The maximum absolute atomic E-state index is 12.3. The molecule has 0 bridgehead atoms. The van der Waals surface area contributed by atoms with Gasteiger partial charge in [0.15, 0.2) is 5.96 Å². The second-order valence-corrected chi connectivity index (χ2v) is 8.09. The van der Waals surface area contributed by atoms with Gasteiger partial charge in [0.25, 0.3) is 0 Å². The maximum atomic E-state index is 12.3. The summed E-state index contributed by atoms with van der Waals surface area (Å²) in [5.41, 5.74) is 0. The number of nitrogens with one attached hydrogen (secondary N) is 3. The number of hydrogen-bond donors (Lipinski definition) is 3. The number of carbonyl (C=O) groups is 1. The largest absolute Gasteiger partial charge is 0.487 e. The number of nitrogens with zero attached hydrogens (tertiary/aromatic N) is 1. The van der Waals surface area contributed by atoms with Gasteiger partial charge in [-0.3, -0.25) is 9.79 Å². The number of guanidine groups is 1. The van der Waals surface area contributed by atoms with Crippen LogP contribution in [0.3, 0.4) is 0 Å². The topological polar surface area (TPSA) is 74.8 Å². The molecule has 6 nitrogen and oxygen atoms in total. The average Bonchev–Trinajstić information content (AvgIpc) is 2.66. The van der Waals surface area contributed by atoms with Crippen molar-refractivity contribution in [2.24, 2.45) is 10.9 Å². The van der Waals surface area contributed by atoms with Gasteiger partial charge in [-0.25, -0.2) is 0 Å². The number of benzene rings is 1. The van der Waals surface area contributed by atoms with Crippen LogP contribution >= 0.6 is 11.6 Å². The molecule has 1 aliphatic rings. The molecule has 28 heavy (non-hydrogen) atoms. The minimum atomic E-state index is -0.0747. The summed E-state index contributed by atoms with van der Waals surface area (Å²) in [6.07, 6.45) is 3.78. The van der Waals surface area contributed by atoms with E-state index >= 15 is 0 Å². The van der Waals surface area contributed by atoms with Gasteiger partial charge in [-0.15, -0.1) is 0 Å². The molecule has 0 radical (unpaired) electrons. The number of amides is 1. The van der Waals surface area contributed by atoms with Crippen molar-refractivity contribution >= 4 is 23.5 Å². The Kier molecular flexibility index (Phi) is 8.90. The van der Waals surface area contributed by atoms with Crippen LogP contribution < -0.4 is 20.7 Å². The summed E-state index contributed by atoms with van der Waals surface area (Å²) in [7, 11) is 1.75. The Morgan fingerprint density at radius 1 is 1.29 bits per heavy atom. The first-order chi connectivity index (χ1) is 13.4. The molecule has 1 saturated carbocycles. The van der Waals surface area contributed by atoms with Crippen molar-refractivity contribution < 1.29 is 9.53 Å². The van der Waals surface area contributed by atoms with Gasteiger partial charge in [0.2, 0.25) is 5.91 Å². The normalized spacial score (nSPS) is 21.1. The average molecular weight is 409 g/mol. The Bertz CT molecular complexity index is 666. The zero-order valence-electron chi connectivity index (χ0n) is 17.3. The number of para-hydroxylation sites is 1. The molecule has 156 valence electrons. The van der Waals surface area contributed by atoms with Crippen LogP contribution in [-0.4, -0.2) is 43.6 Å². The first-order valence-corrected chi connectivity index (χ1v) is 10.5. The molecule has 0 heterocycles. The van der Waals surface area contributed by atoms with E-state index in [0.717, 1.165) is 31.6 Å². The molecule has 3 atom stereocenters. The Morgan fingerprint density at radius 2 is 2.04 bits per heavy atom. The Morgan fingerprint density at radius 3 is 2.71 bits per heavy atom. The molecule has 1 aromatic rings. The summed E-state index contributed by atoms with van der Waals surface area (Å²) in [6, 6.07) is 7.86. The Hall–Kier alpha value is -1.95. The molecule has 0 aromatic heterocycles. The molecule has 1 amide bonds. The molecule has 7 heteroatoms. The highest BCUT2D eigenvalue weighted by atomic mass is 35.5. The lowest BCUT2D eigenvalue weighted by atomic mass is 9.85. The molecule has 3 N–H and O–H groups in total. The van der Waals surface area contributed by atoms with E-state index in [1.54, 1.807) is 7.05 Å². The van der Waals surface area contributed by atoms with Crippen molar-refractivity contribution in [3.8, 4) is 5.75 Å². The summed E-state index contributed by atoms with van der Waals surface area (Å²) >= 11 is 6.14. The molecular formula is C21H33ClN4O2. The first-order valence-electron chi connectivity index (χ1n) is 10.1. The fraction of sp³-hybridized carbons (Fsp3) is 0.619. The van der Waals surface area contributed by atoms with Crippen LogP contribution in [0.25, 0.3) is 0 Å². The highest BCUT2D eigenvalue weighted by molar-refractivity contribution is 6.32. The second-order valence-electron chi connectivity index (χ2n) is 7.68. The minimum absolute atomic E-state index is 0.0641. The number of aliphatic imine (C=N–C) groups is 1. The number of carbonyl (C=O) groups excluding carboxylic acids is 1. The Labute approximate surface area is 173 Å². The Balaban J connectivity index is 1.80. The van der Waals surface area contributed by atoms with E-state index in [1.807, 2.05) is 45.0 Å². The van der Waals surface area contributed by atoms with Gasteiger partial charge in [-0.2, -0.15) is 0 Å². The summed E-state index contributed by atoms with van der Waals surface area (Å²) in [4.78, 5) is 16.6. The van der Waals surface area contributed by atoms with Crippen molar-refractivity contribution in [3.05, 3.63) is 29.3 Å². The van der Waals surface area contributed by atoms with Gasteiger partial charge in [-0.1, -0.05) is 30.2 Å². The van der Waals surface area contributed by atoms with E-state index in [2.05, 4.69) is 20.9 Å². The zero-order chi connectivity index (χ0) is 20.5. The highest BCUT2D eigenvalue weighted by Gasteiger charge is 2.28. The van der Waals surface area contributed by atoms with Gasteiger partial charge in [0, 0.05) is 25.0 Å². The minimum Gasteiger partial charge on any atom is -0.487 e. The van der Waals surface area contributed by atoms with Gasteiger partial charge >= 0.3 is 0 Å². The van der Waals surface area contributed by atoms with E-state index < -0.39 is 0 Å².